The monoisotopic (exact) mass is 376 g/mol. The maximum Gasteiger partial charge on any atom is 0.337 e. The average Bonchev–Trinajstić information content (AvgIpc) is 2.74. The van der Waals surface area contributed by atoms with Gasteiger partial charge in [0.15, 0.2) is 0 Å². The number of nitrogens with zero attached hydrogens (tertiary/aromatic N) is 2. The van der Waals surface area contributed by atoms with Gasteiger partial charge in [-0.15, -0.1) is 0 Å². The molecule has 3 aromatic rings. The Morgan fingerprint density at radius 3 is 2.46 bits per heavy atom. The molecule has 0 saturated carbocycles. The highest BCUT2D eigenvalue weighted by Crippen LogP contribution is 2.24. The summed E-state index contributed by atoms with van der Waals surface area (Å²) < 4.78 is 4.73. The summed E-state index contributed by atoms with van der Waals surface area (Å²) in [6.07, 6.45) is 2.15. The Morgan fingerprint density at radius 2 is 1.79 bits per heavy atom. The van der Waals surface area contributed by atoms with E-state index in [2.05, 4.69) is 27.5 Å². The van der Waals surface area contributed by atoms with Gasteiger partial charge >= 0.3 is 5.97 Å². The van der Waals surface area contributed by atoms with Gasteiger partial charge in [-0.1, -0.05) is 43.7 Å². The van der Waals surface area contributed by atoms with Crippen LogP contribution < -0.4 is 10.6 Å². The lowest BCUT2D eigenvalue weighted by atomic mass is 10.1. The zero-order valence-electron chi connectivity index (χ0n) is 16.1. The summed E-state index contributed by atoms with van der Waals surface area (Å²) in [4.78, 5) is 20.8. The number of carbonyl (C=O) groups is 1. The Hall–Kier alpha value is -3.41. The molecule has 0 aliphatic carbocycles. The van der Waals surface area contributed by atoms with E-state index in [9.17, 15) is 4.79 Å². The highest BCUT2D eigenvalue weighted by atomic mass is 16.5. The van der Waals surface area contributed by atoms with Crippen molar-refractivity contribution >= 4 is 23.4 Å². The third-order valence-electron chi connectivity index (χ3n) is 4.19. The Morgan fingerprint density at radius 1 is 1.04 bits per heavy atom. The summed E-state index contributed by atoms with van der Waals surface area (Å²) in [6.45, 7) is 2.97. The van der Waals surface area contributed by atoms with Gasteiger partial charge in [-0.05, 0) is 30.7 Å². The molecule has 0 fully saturated rings. The van der Waals surface area contributed by atoms with Crippen LogP contribution >= 0.6 is 0 Å². The lowest BCUT2D eigenvalue weighted by Gasteiger charge is -2.12. The summed E-state index contributed by atoms with van der Waals surface area (Å²) in [5, 5.41) is 6.58. The predicted octanol–water partition coefficient (Wildman–Crippen LogP) is 4.89. The molecule has 6 nitrogen and oxygen atoms in total. The first-order valence-corrected chi connectivity index (χ1v) is 9.33. The summed E-state index contributed by atoms with van der Waals surface area (Å²) >= 11 is 0. The molecule has 6 heteroatoms. The van der Waals surface area contributed by atoms with Crippen LogP contribution in [0.5, 0.6) is 0 Å². The number of nitrogens with one attached hydrogen (secondary N) is 2. The smallest absolute Gasteiger partial charge is 0.337 e. The molecular formula is C22H24N4O2. The van der Waals surface area contributed by atoms with Crippen LogP contribution in [0.3, 0.4) is 0 Å². The van der Waals surface area contributed by atoms with Crippen LogP contribution in [0.15, 0.2) is 60.7 Å². The highest BCUT2D eigenvalue weighted by Gasteiger charge is 2.08. The number of methoxy groups -OCH3 is 1. The lowest BCUT2D eigenvalue weighted by molar-refractivity contribution is 0.0601. The SMILES string of the molecule is CCCCNc1nc(Nc2ccc(C(=O)OC)cc2)cc(-c2ccccc2)n1. The van der Waals surface area contributed by atoms with Gasteiger partial charge in [0.05, 0.1) is 18.4 Å². The van der Waals surface area contributed by atoms with E-state index in [1.807, 2.05) is 48.5 Å². The maximum atomic E-state index is 11.6. The van der Waals surface area contributed by atoms with Gasteiger partial charge in [0, 0.05) is 23.9 Å². The number of ether oxygens (including phenoxy) is 1. The van der Waals surface area contributed by atoms with Gasteiger partial charge in [0.2, 0.25) is 5.95 Å². The molecule has 1 aromatic heterocycles. The minimum absolute atomic E-state index is 0.359. The third kappa shape index (κ3) is 5.07. The summed E-state index contributed by atoms with van der Waals surface area (Å²) in [5.74, 6) is 0.907. The molecule has 0 saturated heterocycles. The third-order valence-corrected chi connectivity index (χ3v) is 4.19. The Bertz CT molecular complexity index is 912. The first kappa shape index (κ1) is 19.4. The van der Waals surface area contributed by atoms with Crippen molar-refractivity contribution in [2.45, 2.75) is 19.8 Å². The second-order valence-electron chi connectivity index (χ2n) is 6.30. The zero-order valence-corrected chi connectivity index (χ0v) is 16.1. The number of aromatic nitrogens is 2. The van der Waals surface area contributed by atoms with Crippen LogP contribution in [-0.2, 0) is 4.74 Å². The van der Waals surface area contributed by atoms with Gasteiger partial charge in [-0.25, -0.2) is 9.78 Å². The summed E-state index contributed by atoms with van der Waals surface area (Å²) in [6, 6.07) is 19.0. The number of esters is 1. The molecule has 28 heavy (non-hydrogen) atoms. The number of unbranched alkanes of at least 4 members (excludes halogenated alkanes) is 1. The van der Waals surface area contributed by atoms with Crippen molar-refractivity contribution in [2.24, 2.45) is 0 Å². The van der Waals surface area contributed by atoms with Crippen molar-refractivity contribution in [3.63, 3.8) is 0 Å². The van der Waals surface area contributed by atoms with Crippen molar-refractivity contribution in [1.29, 1.82) is 0 Å². The zero-order chi connectivity index (χ0) is 19.8. The topological polar surface area (TPSA) is 76.1 Å². The average molecular weight is 376 g/mol. The minimum Gasteiger partial charge on any atom is -0.465 e. The van der Waals surface area contributed by atoms with Crippen molar-refractivity contribution in [3.05, 3.63) is 66.2 Å². The van der Waals surface area contributed by atoms with Crippen LogP contribution in [0.4, 0.5) is 17.5 Å². The summed E-state index contributed by atoms with van der Waals surface area (Å²) in [5.41, 5.74) is 3.18. The van der Waals surface area contributed by atoms with Crippen LogP contribution in [-0.4, -0.2) is 29.6 Å². The first-order chi connectivity index (χ1) is 13.7. The number of benzene rings is 2. The van der Waals surface area contributed by atoms with Gasteiger partial charge in [0.25, 0.3) is 0 Å². The molecule has 0 unspecified atom stereocenters. The van der Waals surface area contributed by atoms with Crippen molar-refractivity contribution < 1.29 is 9.53 Å². The fourth-order valence-electron chi connectivity index (χ4n) is 2.68. The Labute approximate surface area is 165 Å². The molecule has 0 radical (unpaired) electrons. The molecule has 0 spiro atoms. The highest BCUT2D eigenvalue weighted by molar-refractivity contribution is 5.89. The van der Waals surface area contributed by atoms with E-state index in [1.165, 1.54) is 7.11 Å². The standard InChI is InChI=1S/C22H24N4O2/c1-3-4-14-23-22-25-19(16-8-6-5-7-9-16)15-20(26-22)24-18-12-10-17(11-13-18)21(27)28-2/h5-13,15H,3-4,14H2,1-2H3,(H2,23,24,25,26). The molecular weight excluding hydrogens is 352 g/mol. The van der Waals surface area contributed by atoms with E-state index in [1.54, 1.807) is 12.1 Å². The molecule has 0 aliphatic heterocycles. The molecule has 0 atom stereocenters. The molecule has 1 heterocycles. The first-order valence-electron chi connectivity index (χ1n) is 9.33. The van der Waals surface area contributed by atoms with E-state index >= 15 is 0 Å². The van der Waals surface area contributed by atoms with Crippen molar-refractivity contribution in [1.82, 2.24) is 9.97 Å². The predicted molar refractivity (Wildman–Crippen MR) is 112 cm³/mol. The van der Waals surface area contributed by atoms with E-state index < -0.39 is 0 Å². The quantitative estimate of drug-likeness (QED) is 0.431. The summed E-state index contributed by atoms with van der Waals surface area (Å²) in [7, 11) is 1.37. The van der Waals surface area contributed by atoms with E-state index in [0.29, 0.717) is 17.3 Å². The molecule has 0 bridgehead atoms. The largest absolute Gasteiger partial charge is 0.465 e. The second kappa shape index (κ2) is 9.50. The van der Waals surface area contributed by atoms with Gasteiger partial charge in [-0.2, -0.15) is 4.98 Å². The van der Waals surface area contributed by atoms with Crippen LogP contribution in [0.25, 0.3) is 11.3 Å². The van der Waals surface area contributed by atoms with E-state index in [-0.39, 0.29) is 5.97 Å². The van der Waals surface area contributed by atoms with Gasteiger partial charge in [0.1, 0.15) is 5.82 Å². The Kier molecular flexibility index (Phi) is 6.57. The lowest BCUT2D eigenvalue weighted by Crippen LogP contribution is -2.07. The number of anilines is 3. The van der Waals surface area contributed by atoms with Crippen LogP contribution in [0.1, 0.15) is 30.1 Å². The fraction of sp³-hybridized carbons (Fsp3) is 0.227. The maximum absolute atomic E-state index is 11.6. The van der Waals surface area contributed by atoms with Gasteiger partial charge < -0.3 is 15.4 Å². The van der Waals surface area contributed by atoms with Crippen LogP contribution in [0, 0.1) is 0 Å². The molecule has 2 N–H and O–H groups in total. The van der Waals surface area contributed by atoms with Gasteiger partial charge in [-0.3, -0.25) is 0 Å². The fourth-order valence-corrected chi connectivity index (χ4v) is 2.68. The number of hydrogen-bond acceptors (Lipinski definition) is 6. The normalized spacial score (nSPS) is 10.4. The Balaban J connectivity index is 1.86. The molecule has 0 aliphatic rings. The van der Waals surface area contributed by atoms with Crippen LogP contribution in [0.2, 0.25) is 0 Å². The van der Waals surface area contributed by atoms with E-state index in [4.69, 9.17) is 4.74 Å². The second-order valence-corrected chi connectivity index (χ2v) is 6.30. The molecule has 2 aromatic carbocycles. The van der Waals surface area contributed by atoms with Crippen molar-refractivity contribution in [2.75, 3.05) is 24.3 Å². The van der Waals surface area contributed by atoms with E-state index in [0.717, 1.165) is 36.3 Å². The molecule has 3 rings (SSSR count). The molecule has 144 valence electrons. The number of carbonyl (C=O) groups excluding carboxylic acids is 1. The number of hydrogen-bond donors (Lipinski definition) is 2. The molecule has 0 amide bonds. The number of rotatable bonds is 8. The minimum atomic E-state index is -0.359. The van der Waals surface area contributed by atoms with Crippen molar-refractivity contribution in [3.8, 4) is 11.3 Å².